The summed E-state index contributed by atoms with van der Waals surface area (Å²) < 4.78 is 0. The molecule has 13 heavy (non-hydrogen) atoms. The molecule has 76 valence electrons. The molecule has 0 aromatic carbocycles. The van der Waals surface area contributed by atoms with Crippen LogP contribution in [0.2, 0.25) is 0 Å². The lowest BCUT2D eigenvalue weighted by Crippen LogP contribution is -2.44. The van der Waals surface area contributed by atoms with Gasteiger partial charge in [-0.05, 0) is 20.3 Å². The maximum Gasteiger partial charge on any atom is 0.0706 e. The molecular weight excluding hydrogens is 160 g/mol. The lowest BCUT2D eigenvalue weighted by Gasteiger charge is -2.34. The van der Waals surface area contributed by atoms with Gasteiger partial charge in [0.15, 0.2) is 0 Å². The molecule has 2 heteroatoms. The van der Waals surface area contributed by atoms with Crippen molar-refractivity contribution in [2.75, 3.05) is 14.1 Å². The van der Waals surface area contributed by atoms with Gasteiger partial charge in [-0.2, -0.15) is 0 Å². The number of hydrogen-bond acceptors (Lipinski definition) is 2. The highest BCUT2D eigenvalue weighted by molar-refractivity contribution is 5.14. The van der Waals surface area contributed by atoms with Crippen LogP contribution in [0.15, 0.2) is 24.6 Å². The van der Waals surface area contributed by atoms with E-state index in [9.17, 15) is 0 Å². The SMILES string of the molecule is C=C(CC)NC(C)(C)C(=C)N(C)C. The standard InChI is InChI=1S/C11H22N2/c1-8-9(2)12-11(4,5)10(3)13(6)7/h12H,2-3,8H2,1,4-7H3. The largest absolute Gasteiger partial charge is 0.380 e. The molecule has 0 bridgehead atoms. The van der Waals surface area contributed by atoms with Crippen molar-refractivity contribution in [3.8, 4) is 0 Å². The minimum absolute atomic E-state index is 0.114. The van der Waals surface area contributed by atoms with E-state index in [4.69, 9.17) is 0 Å². The predicted molar refractivity (Wildman–Crippen MR) is 59.5 cm³/mol. The van der Waals surface area contributed by atoms with Crippen LogP contribution in [-0.2, 0) is 0 Å². The average molecular weight is 182 g/mol. The Hall–Kier alpha value is -0.920. The Labute approximate surface area is 82.3 Å². The minimum atomic E-state index is -0.114. The third-order valence-electron chi connectivity index (χ3n) is 2.18. The van der Waals surface area contributed by atoms with Crippen molar-refractivity contribution >= 4 is 0 Å². The molecule has 0 unspecified atom stereocenters. The van der Waals surface area contributed by atoms with E-state index in [0.717, 1.165) is 17.8 Å². The third kappa shape index (κ3) is 3.53. The molecule has 0 saturated heterocycles. The first-order chi connectivity index (χ1) is 5.81. The van der Waals surface area contributed by atoms with Gasteiger partial charge in [0.1, 0.15) is 0 Å². The fraction of sp³-hybridized carbons (Fsp3) is 0.636. The number of nitrogens with one attached hydrogen (secondary N) is 1. The van der Waals surface area contributed by atoms with E-state index in [1.807, 2.05) is 19.0 Å². The smallest absolute Gasteiger partial charge is 0.0706 e. The predicted octanol–water partition coefficient (Wildman–Crippen LogP) is 2.35. The van der Waals surface area contributed by atoms with E-state index in [1.54, 1.807) is 0 Å². The van der Waals surface area contributed by atoms with Gasteiger partial charge in [0.25, 0.3) is 0 Å². The van der Waals surface area contributed by atoms with Gasteiger partial charge in [-0.25, -0.2) is 0 Å². The van der Waals surface area contributed by atoms with Gasteiger partial charge in [-0.15, -0.1) is 0 Å². The molecule has 0 amide bonds. The fourth-order valence-electron chi connectivity index (χ4n) is 1.16. The van der Waals surface area contributed by atoms with Gasteiger partial charge < -0.3 is 10.2 Å². The van der Waals surface area contributed by atoms with E-state index in [-0.39, 0.29) is 5.54 Å². The lowest BCUT2D eigenvalue weighted by atomic mass is 10.00. The molecule has 0 saturated carbocycles. The summed E-state index contributed by atoms with van der Waals surface area (Å²) in [6.45, 7) is 14.3. The molecule has 0 fully saturated rings. The molecule has 0 radical (unpaired) electrons. The molecule has 0 aromatic rings. The van der Waals surface area contributed by atoms with Crippen LogP contribution in [0.1, 0.15) is 27.2 Å². The van der Waals surface area contributed by atoms with Crippen LogP contribution in [0.5, 0.6) is 0 Å². The molecule has 0 aliphatic carbocycles. The van der Waals surface area contributed by atoms with Crippen molar-refractivity contribution in [2.24, 2.45) is 0 Å². The molecule has 0 aliphatic rings. The number of hydrogen-bond donors (Lipinski definition) is 1. The Morgan fingerprint density at radius 2 is 1.77 bits per heavy atom. The fourth-order valence-corrected chi connectivity index (χ4v) is 1.16. The van der Waals surface area contributed by atoms with E-state index < -0.39 is 0 Å². The number of nitrogens with zero attached hydrogens (tertiary/aromatic N) is 1. The Balaban J connectivity index is 4.39. The molecule has 2 nitrogen and oxygen atoms in total. The second-order valence-electron chi connectivity index (χ2n) is 4.05. The first-order valence-corrected chi connectivity index (χ1v) is 4.64. The van der Waals surface area contributed by atoms with Gasteiger partial charge >= 0.3 is 0 Å². The zero-order valence-corrected chi connectivity index (χ0v) is 9.57. The molecule has 0 spiro atoms. The summed E-state index contributed by atoms with van der Waals surface area (Å²) in [5.74, 6) is 0. The Morgan fingerprint density at radius 1 is 1.31 bits per heavy atom. The zero-order chi connectivity index (χ0) is 10.6. The quantitative estimate of drug-likeness (QED) is 0.702. The first-order valence-electron chi connectivity index (χ1n) is 4.64. The number of allylic oxidation sites excluding steroid dienone is 1. The Morgan fingerprint density at radius 3 is 2.08 bits per heavy atom. The summed E-state index contributed by atoms with van der Waals surface area (Å²) in [7, 11) is 4.00. The van der Waals surface area contributed by atoms with E-state index in [0.29, 0.717) is 0 Å². The minimum Gasteiger partial charge on any atom is -0.380 e. The third-order valence-corrected chi connectivity index (χ3v) is 2.18. The van der Waals surface area contributed by atoms with E-state index >= 15 is 0 Å². The maximum absolute atomic E-state index is 4.04. The maximum atomic E-state index is 4.04. The molecule has 0 rings (SSSR count). The molecule has 0 aliphatic heterocycles. The topological polar surface area (TPSA) is 15.3 Å². The summed E-state index contributed by atoms with van der Waals surface area (Å²) in [5, 5.41) is 3.35. The summed E-state index contributed by atoms with van der Waals surface area (Å²) in [4.78, 5) is 2.02. The van der Waals surface area contributed by atoms with E-state index in [2.05, 4.69) is 39.2 Å². The highest BCUT2D eigenvalue weighted by atomic mass is 15.1. The Kier molecular flexibility index (Phi) is 4.05. The van der Waals surface area contributed by atoms with Crippen molar-refractivity contribution in [2.45, 2.75) is 32.7 Å². The number of rotatable bonds is 5. The molecule has 0 heterocycles. The molecular formula is C11H22N2. The lowest BCUT2D eigenvalue weighted by molar-refractivity contribution is 0.368. The van der Waals surface area contributed by atoms with Gasteiger partial charge in [0.2, 0.25) is 0 Å². The van der Waals surface area contributed by atoms with Crippen LogP contribution in [0, 0.1) is 0 Å². The summed E-state index contributed by atoms with van der Waals surface area (Å²) in [6, 6.07) is 0. The van der Waals surface area contributed by atoms with E-state index in [1.165, 1.54) is 0 Å². The summed E-state index contributed by atoms with van der Waals surface area (Å²) in [6.07, 6.45) is 0.949. The highest BCUT2D eigenvalue weighted by Crippen LogP contribution is 2.17. The molecule has 1 N–H and O–H groups in total. The number of likely N-dealkylation sites (N-methyl/N-ethyl adjacent to an activating group) is 1. The van der Waals surface area contributed by atoms with Crippen LogP contribution in [-0.4, -0.2) is 24.5 Å². The molecule has 0 aromatic heterocycles. The van der Waals surface area contributed by atoms with Gasteiger partial charge in [0.05, 0.1) is 5.54 Å². The van der Waals surface area contributed by atoms with Crippen molar-refractivity contribution in [1.82, 2.24) is 10.2 Å². The monoisotopic (exact) mass is 182 g/mol. The highest BCUT2D eigenvalue weighted by Gasteiger charge is 2.22. The van der Waals surface area contributed by atoms with Gasteiger partial charge in [-0.3, -0.25) is 0 Å². The van der Waals surface area contributed by atoms with Crippen LogP contribution in [0.3, 0.4) is 0 Å². The van der Waals surface area contributed by atoms with Crippen molar-refractivity contribution in [3.05, 3.63) is 24.6 Å². The normalized spacial score (nSPS) is 10.8. The van der Waals surface area contributed by atoms with Crippen molar-refractivity contribution in [1.29, 1.82) is 0 Å². The van der Waals surface area contributed by atoms with Crippen molar-refractivity contribution in [3.63, 3.8) is 0 Å². The second kappa shape index (κ2) is 4.35. The van der Waals surface area contributed by atoms with Gasteiger partial charge in [-0.1, -0.05) is 20.1 Å². The summed E-state index contributed by atoms with van der Waals surface area (Å²) >= 11 is 0. The van der Waals surface area contributed by atoms with Crippen LogP contribution in [0.25, 0.3) is 0 Å². The van der Waals surface area contributed by atoms with Crippen molar-refractivity contribution < 1.29 is 0 Å². The molecule has 0 atom stereocenters. The van der Waals surface area contributed by atoms with Crippen LogP contribution < -0.4 is 5.32 Å². The first kappa shape index (κ1) is 12.1. The Bertz CT molecular complexity index is 202. The zero-order valence-electron chi connectivity index (χ0n) is 9.57. The second-order valence-corrected chi connectivity index (χ2v) is 4.05. The van der Waals surface area contributed by atoms with Crippen LogP contribution >= 0.6 is 0 Å². The summed E-state index contributed by atoms with van der Waals surface area (Å²) in [5.41, 5.74) is 1.99. The van der Waals surface area contributed by atoms with Gasteiger partial charge in [0, 0.05) is 25.5 Å². The van der Waals surface area contributed by atoms with Crippen LogP contribution in [0.4, 0.5) is 0 Å². The average Bonchev–Trinajstić information content (AvgIpc) is 2.01.